The molecule has 1 aromatic rings. The van der Waals surface area contributed by atoms with E-state index in [1.807, 2.05) is 5.38 Å². The zero-order valence-electron chi connectivity index (χ0n) is 8.90. The molecule has 0 bridgehead atoms. The fourth-order valence-electron chi connectivity index (χ4n) is 1.23. The molecular weight excluding hydrogens is 230 g/mol. The monoisotopic (exact) mass is 243 g/mol. The first-order chi connectivity index (χ1) is 7.19. The van der Waals surface area contributed by atoms with E-state index in [4.69, 9.17) is 16.9 Å². The number of hydrogen-bond acceptors (Lipinski definition) is 4. The van der Waals surface area contributed by atoms with Crippen molar-refractivity contribution in [3.8, 4) is 6.07 Å². The Morgan fingerprint density at radius 2 is 2.40 bits per heavy atom. The molecule has 0 aliphatic carbocycles. The van der Waals surface area contributed by atoms with E-state index in [2.05, 4.69) is 29.8 Å². The third kappa shape index (κ3) is 3.37. The first kappa shape index (κ1) is 12.3. The SMILES string of the molecule is CC(C)N(CCC#N)c1nc(CCl)cs1. The van der Waals surface area contributed by atoms with Crippen molar-refractivity contribution in [1.82, 2.24) is 4.98 Å². The Bertz CT molecular complexity index is 343. The van der Waals surface area contributed by atoms with Crippen LogP contribution in [0.1, 0.15) is 26.0 Å². The summed E-state index contributed by atoms with van der Waals surface area (Å²) in [6.45, 7) is 4.92. The molecule has 0 spiro atoms. The second-order valence-electron chi connectivity index (χ2n) is 3.45. The van der Waals surface area contributed by atoms with Crippen molar-refractivity contribution < 1.29 is 0 Å². The molecule has 0 amide bonds. The second kappa shape index (κ2) is 5.94. The van der Waals surface area contributed by atoms with E-state index in [9.17, 15) is 0 Å². The average molecular weight is 244 g/mol. The van der Waals surface area contributed by atoms with Gasteiger partial charge in [-0.15, -0.1) is 22.9 Å². The van der Waals surface area contributed by atoms with Crippen molar-refractivity contribution in [2.24, 2.45) is 0 Å². The lowest BCUT2D eigenvalue weighted by molar-refractivity contribution is 0.683. The normalized spacial score (nSPS) is 10.3. The van der Waals surface area contributed by atoms with Crippen LogP contribution in [-0.2, 0) is 5.88 Å². The number of anilines is 1. The number of rotatable bonds is 5. The fourth-order valence-corrected chi connectivity index (χ4v) is 2.45. The molecule has 1 heterocycles. The summed E-state index contributed by atoms with van der Waals surface area (Å²) in [6, 6.07) is 2.51. The summed E-state index contributed by atoms with van der Waals surface area (Å²) in [5, 5.41) is 11.5. The zero-order valence-corrected chi connectivity index (χ0v) is 10.5. The van der Waals surface area contributed by atoms with Gasteiger partial charge in [-0.25, -0.2) is 4.98 Å². The van der Waals surface area contributed by atoms with E-state index in [0.717, 1.165) is 17.4 Å². The lowest BCUT2D eigenvalue weighted by Gasteiger charge is -2.24. The quantitative estimate of drug-likeness (QED) is 0.747. The van der Waals surface area contributed by atoms with E-state index >= 15 is 0 Å². The van der Waals surface area contributed by atoms with E-state index in [-0.39, 0.29) is 0 Å². The van der Waals surface area contributed by atoms with Crippen molar-refractivity contribution in [3.05, 3.63) is 11.1 Å². The van der Waals surface area contributed by atoms with E-state index in [1.165, 1.54) is 0 Å². The number of hydrogen-bond donors (Lipinski definition) is 0. The Morgan fingerprint density at radius 1 is 1.67 bits per heavy atom. The third-order valence-electron chi connectivity index (χ3n) is 2.01. The summed E-state index contributed by atoms with van der Waals surface area (Å²) >= 11 is 7.28. The van der Waals surface area contributed by atoms with Gasteiger partial charge in [-0.1, -0.05) is 0 Å². The Labute approximate surface area is 99.3 Å². The number of thiazole rings is 1. The Balaban J connectivity index is 2.75. The molecule has 3 nitrogen and oxygen atoms in total. The molecule has 0 N–H and O–H groups in total. The summed E-state index contributed by atoms with van der Waals surface area (Å²) in [7, 11) is 0. The molecule has 0 radical (unpaired) electrons. The predicted octanol–water partition coefficient (Wildman–Crippen LogP) is 3.01. The third-order valence-corrected chi connectivity index (χ3v) is 3.21. The topological polar surface area (TPSA) is 39.9 Å². The minimum absolute atomic E-state index is 0.354. The van der Waals surface area contributed by atoms with Gasteiger partial charge in [0, 0.05) is 18.0 Å². The van der Waals surface area contributed by atoms with E-state index < -0.39 is 0 Å². The first-order valence-electron chi connectivity index (χ1n) is 4.83. The summed E-state index contributed by atoms with van der Waals surface area (Å²) in [5.74, 6) is 0.445. The Morgan fingerprint density at radius 3 is 2.87 bits per heavy atom. The first-order valence-corrected chi connectivity index (χ1v) is 6.24. The number of aromatic nitrogens is 1. The van der Waals surface area contributed by atoms with Crippen LogP contribution in [0, 0.1) is 11.3 Å². The summed E-state index contributed by atoms with van der Waals surface area (Å²) in [6.07, 6.45) is 0.522. The molecule has 0 aliphatic rings. The van der Waals surface area contributed by atoms with Crippen molar-refractivity contribution in [1.29, 1.82) is 5.26 Å². The standard InChI is InChI=1S/C10H14ClN3S/c1-8(2)14(5-3-4-12)10-13-9(6-11)7-15-10/h7-8H,3,5-6H2,1-2H3. The Hall–Kier alpha value is -0.790. The van der Waals surface area contributed by atoms with Crippen molar-refractivity contribution >= 4 is 28.1 Å². The van der Waals surface area contributed by atoms with E-state index in [0.29, 0.717) is 18.3 Å². The number of nitrogens with zero attached hydrogens (tertiary/aromatic N) is 3. The lowest BCUT2D eigenvalue weighted by Crippen LogP contribution is -2.31. The number of halogens is 1. The van der Waals surface area contributed by atoms with Gasteiger partial charge >= 0.3 is 0 Å². The molecule has 0 atom stereocenters. The van der Waals surface area contributed by atoms with Crippen molar-refractivity contribution in [2.75, 3.05) is 11.4 Å². The summed E-state index contributed by atoms with van der Waals surface area (Å²) < 4.78 is 0. The molecule has 5 heteroatoms. The summed E-state index contributed by atoms with van der Waals surface area (Å²) in [4.78, 5) is 6.54. The molecule has 1 rings (SSSR count). The number of nitriles is 1. The molecule has 0 saturated carbocycles. The molecular formula is C10H14ClN3S. The maximum absolute atomic E-state index is 8.58. The molecule has 1 aromatic heterocycles. The van der Waals surface area contributed by atoms with Crippen molar-refractivity contribution in [3.63, 3.8) is 0 Å². The number of alkyl halides is 1. The molecule has 15 heavy (non-hydrogen) atoms. The summed E-state index contributed by atoms with van der Waals surface area (Å²) in [5.41, 5.74) is 0.902. The maximum Gasteiger partial charge on any atom is 0.185 e. The van der Waals surface area contributed by atoms with Crippen LogP contribution in [0.4, 0.5) is 5.13 Å². The van der Waals surface area contributed by atoms with Crippen LogP contribution in [0.2, 0.25) is 0 Å². The van der Waals surface area contributed by atoms with E-state index in [1.54, 1.807) is 11.3 Å². The Kier molecular flexibility index (Phi) is 4.86. The second-order valence-corrected chi connectivity index (χ2v) is 4.55. The predicted molar refractivity (Wildman–Crippen MR) is 64.4 cm³/mol. The highest BCUT2D eigenvalue weighted by Crippen LogP contribution is 2.23. The van der Waals surface area contributed by atoms with Gasteiger partial charge in [-0.2, -0.15) is 5.26 Å². The van der Waals surface area contributed by atoms with Gasteiger partial charge in [0.25, 0.3) is 0 Å². The molecule has 0 aliphatic heterocycles. The van der Waals surface area contributed by atoms with Gasteiger partial charge < -0.3 is 4.90 Å². The minimum Gasteiger partial charge on any atom is -0.345 e. The van der Waals surface area contributed by atoms with Gasteiger partial charge in [0.1, 0.15) is 0 Å². The highest BCUT2D eigenvalue weighted by molar-refractivity contribution is 7.13. The van der Waals surface area contributed by atoms with Gasteiger partial charge in [0.15, 0.2) is 5.13 Å². The molecule has 0 fully saturated rings. The highest BCUT2D eigenvalue weighted by Gasteiger charge is 2.13. The highest BCUT2D eigenvalue weighted by atomic mass is 35.5. The fraction of sp³-hybridized carbons (Fsp3) is 0.600. The van der Waals surface area contributed by atoms with Gasteiger partial charge in [-0.05, 0) is 13.8 Å². The molecule has 82 valence electrons. The largest absolute Gasteiger partial charge is 0.345 e. The molecule has 0 saturated heterocycles. The zero-order chi connectivity index (χ0) is 11.3. The van der Waals surface area contributed by atoms with Crippen LogP contribution in [0.5, 0.6) is 0 Å². The van der Waals surface area contributed by atoms with Crippen LogP contribution in [-0.4, -0.2) is 17.6 Å². The van der Waals surface area contributed by atoms with Crippen molar-refractivity contribution in [2.45, 2.75) is 32.2 Å². The van der Waals surface area contributed by atoms with Crippen LogP contribution in [0.15, 0.2) is 5.38 Å². The molecule has 0 unspecified atom stereocenters. The van der Waals surface area contributed by atoms with Crippen LogP contribution < -0.4 is 4.90 Å². The van der Waals surface area contributed by atoms with Crippen LogP contribution >= 0.6 is 22.9 Å². The van der Waals surface area contributed by atoms with Gasteiger partial charge in [0.05, 0.1) is 24.1 Å². The smallest absolute Gasteiger partial charge is 0.185 e. The van der Waals surface area contributed by atoms with Gasteiger partial charge in [-0.3, -0.25) is 0 Å². The lowest BCUT2D eigenvalue weighted by atomic mass is 10.3. The van der Waals surface area contributed by atoms with Crippen LogP contribution in [0.3, 0.4) is 0 Å². The minimum atomic E-state index is 0.354. The average Bonchev–Trinajstić information content (AvgIpc) is 2.66. The maximum atomic E-state index is 8.58. The van der Waals surface area contributed by atoms with Gasteiger partial charge in [0.2, 0.25) is 0 Å². The molecule has 0 aromatic carbocycles. The van der Waals surface area contributed by atoms with Crippen LogP contribution in [0.25, 0.3) is 0 Å².